The van der Waals surface area contributed by atoms with Crippen molar-refractivity contribution in [1.82, 2.24) is 5.32 Å². The average Bonchev–Trinajstić information content (AvgIpc) is 3.41. The third-order valence-corrected chi connectivity index (χ3v) is 8.08. The molecule has 0 unspecified atom stereocenters. The monoisotopic (exact) mass is 583 g/mol. The van der Waals surface area contributed by atoms with Crippen LogP contribution in [0.25, 0.3) is 0 Å². The molecule has 0 saturated heterocycles. The quantitative estimate of drug-likeness (QED) is 0.354. The summed E-state index contributed by atoms with van der Waals surface area (Å²) in [5.41, 5.74) is -0.194. The summed E-state index contributed by atoms with van der Waals surface area (Å²) in [6.07, 6.45) is 3.85. The number of methoxy groups -OCH3 is 1. The topological polar surface area (TPSA) is 100 Å². The van der Waals surface area contributed by atoms with Gasteiger partial charge in [0.15, 0.2) is 11.6 Å². The summed E-state index contributed by atoms with van der Waals surface area (Å²) in [6, 6.07) is 11.5. The molecular weight excluding hydrogens is 541 g/mol. The van der Waals surface area contributed by atoms with Crippen LogP contribution in [-0.4, -0.2) is 42.7 Å². The normalized spacial score (nSPS) is 24.0. The Kier molecular flexibility index (Phi) is 9.79. The summed E-state index contributed by atoms with van der Waals surface area (Å²) in [7, 11) is 1.37. The maximum absolute atomic E-state index is 15.0. The van der Waals surface area contributed by atoms with Crippen molar-refractivity contribution >= 4 is 17.8 Å². The van der Waals surface area contributed by atoms with Crippen LogP contribution in [0.15, 0.2) is 42.5 Å². The number of rotatable bonds is 9. The number of esters is 2. The minimum absolute atomic E-state index is 0.0583. The molecule has 2 fully saturated rings. The molecule has 8 nitrogen and oxygen atoms in total. The average molecular weight is 584 g/mol. The SMILES string of the molecule is COc1cc(F)c(OC2CCC(C)(C(=O)OC(C)(C)C)CC2)cc1C(=O)N[C@@H]1CCC[C@@H]1C(=O)OCc1ccccc1. The Balaban J connectivity index is 1.39. The highest BCUT2D eigenvalue weighted by Crippen LogP contribution is 2.40. The van der Waals surface area contributed by atoms with Crippen molar-refractivity contribution < 1.29 is 37.7 Å². The molecule has 0 bridgehead atoms. The van der Waals surface area contributed by atoms with Crippen LogP contribution in [0.1, 0.15) is 88.6 Å². The maximum Gasteiger partial charge on any atom is 0.312 e. The molecular formula is C33H42FNO7. The van der Waals surface area contributed by atoms with Crippen LogP contribution in [0.2, 0.25) is 0 Å². The lowest BCUT2D eigenvalue weighted by Crippen LogP contribution is -2.41. The van der Waals surface area contributed by atoms with E-state index < -0.39 is 34.7 Å². The minimum atomic E-state index is -0.646. The highest BCUT2D eigenvalue weighted by Gasteiger charge is 2.41. The van der Waals surface area contributed by atoms with Gasteiger partial charge in [0.2, 0.25) is 0 Å². The molecule has 42 heavy (non-hydrogen) atoms. The zero-order valence-electron chi connectivity index (χ0n) is 25.2. The van der Waals surface area contributed by atoms with Crippen LogP contribution in [0, 0.1) is 17.2 Å². The molecule has 228 valence electrons. The fourth-order valence-electron chi connectivity index (χ4n) is 5.60. The molecule has 2 atom stereocenters. The maximum atomic E-state index is 15.0. The van der Waals surface area contributed by atoms with Crippen LogP contribution in [0.3, 0.4) is 0 Å². The van der Waals surface area contributed by atoms with E-state index in [1.54, 1.807) is 0 Å². The lowest BCUT2D eigenvalue weighted by atomic mass is 9.74. The molecule has 1 amide bonds. The van der Waals surface area contributed by atoms with Crippen LogP contribution in [0.4, 0.5) is 4.39 Å². The van der Waals surface area contributed by atoms with E-state index in [0.717, 1.165) is 18.1 Å². The van der Waals surface area contributed by atoms with Gasteiger partial charge in [-0.2, -0.15) is 0 Å². The predicted molar refractivity (Wildman–Crippen MR) is 155 cm³/mol. The molecule has 2 aliphatic carbocycles. The van der Waals surface area contributed by atoms with E-state index >= 15 is 4.39 Å². The summed E-state index contributed by atoms with van der Waals surface area (Å²) in [4.78, 5) is 39.0. The van der Waals surface area contributed by atoms with Gasteiger partial charge >= 0.3 is 11.9 Å². The standard InChI is InChI=1S/C33H42FNO7/c1-32(2,3)42-31(38)33(4)16-14-22(15-17-33)41-28-18-24(27(39-5)19-25(28)34)29(36)35-26-13-9-12-23(26)30(37)40-20-21-10-7-6-8-11-21/h6-8,10-11,18-19,22-23,26H,9,12-17,20H2,1-5H3,(H,35,36)/t22?,23-,26+,33?/m0/s1. The molecule has 9 heteroatoms. The third kappa shape index (κ3) is 7.81. The van der Waals surface area contributed by atoms with E-state index in [4.69, 9.17) is 18.9 Å². The Labute approximate surface area is 247 Å². The van der Waals surface area contributed by atoms with Gasteiger partial charge in [0.1, 0.15) is 18.0 Å². The number of hydrogen-bond donors (Lipinski definition) is 1. The van der Waals surface area contributed by atoms with Gasteiger partial charge in [-0.3, -0.25) is 14.4 Å². The van der Waals surface area contributed by atoms with Crippen molar-refractivity contribution in [1.29, 1.82) is 0 Å². The van der Waals surface area contributed by atoms with Gasteiger partial charge in [0, 0.05) is 12.1 Å². The minimum Gasteiger partial charge on any atom is -0.496 e. The molecule has 2 saturated carbocycles. The molecule has 4 rings (SSSR count). The lowest BCUT2D eigenvalue weighted by Gasteiger charge is -2.37. The van der Waals surface area contributed by atoms with Gasteiger partial charge in [-0.05, 0) is 77.8 Å². The van der Waals surface area contributed by atoms with E-state index in [0.29, 0.717) is 38.5 Å². The Morgan fingerprint density at radius 1 is 1.00 bits per heavy atom. The Hall–Kier alpha value is -3.62. The van der Waals surface area contributed by atoms with Crippen LogP contribution >= 0.6 is 0 Å². The Bertz CT molecular complexity index is 1270. The fraction of sp³-hybridized carbons (Fsp3) is 0.545. The number of ether oxygens (including phenoxy) is 4. The third-order valence-electron chi connectivity index (χ3n) is 8.08. The van der Waals surface area contributed by atoms with Crippen molar-refractivity contribution in [3.05, 3.63) is 59.4 Å². The summed E-state index contributed by atoms with van der Waals surface area (Å²) >= 11 is 0. The molecule has 2 aliphatic rings. The molecule has 0 radical (unpaired) electrons. The zero-order valence-corrected chi connectivity index (χ0v) is 25.2. The second kappa shape index (κ2) is 13.1. The van der Waals surface area contributed by atoms with Gasteiger partial charge in [-0.25, -0.2) is 4.39 Å². The Morgan fingerprint density at radius 2 is 1.69 bits per heavy atom. The number of carbonyl (C=O) groups is 3. The van der Waals surface area contributed by atoms with E-state index in [2.05, 4.69) is 5.32 Å². The second-order valence-electron chi connectivity index (χ2n) is 12.6. The number of halogens is 1. The second-order valence-corrected chi connectivity index (χ2v) is 12.6. The first-order valence-corrected chi connectivity index (χ1v) is 14.7. The van der Waals surface area contributed by atoms with E-state index in [1.165, 1.54) is 13.2 Å². The van der Waals surface area contributed by atoms with E-state index in [-0.39, 0.29) is 41.7 Å². The Morgan fingerprint density at radius 3 is 2.33 bits per heavy atom. The first-order valence-electron chi connectivity index (χ1n) is 14.7. The van der Waals surface area contributed by atoms with Crippen molar-refractivity contribution in [3.63, 3.8) is 0 Å². The highest BCUT2D eigenvalue weighted by atomic mass is 19.1. The first-order chi connectivity index (χ1) is 19.9. The molecule has 0 spiro atoms. The van der Waals surface area contributed by atoms with Gasteiger partial charge in [0.25, 0.3) is 5.91 Å². The smallest absolute Gasteiger partial charge is 0.312 e. The van der Waals surface area contributed by atoms with Gasteiger partial charge in [-0.15, -0.1) is 0 Å². The predicted octanol–water partition coefficient (Wildman–Crippen LogP) is 6.15. The lowest BCUT2D eigenvalue weighted by molar-refractivity contribution is -0.169. The molecule has 2 aromatic carbocycles. The summed E-state index contributed by atoms with van der Waals surface area (Å²) in [6.45, 7) is 7.58. The number of amides is 1. The first kappa shape index (κ1) is 31.3. The summed E-state index contributed by atoms with van der Waals surface area (Å²) in [5, 5.41) is 2.94. The number of nitrogens with one attached hydrogen (secondary N) is 1. The van der Waals surface area contributed by atoms with Crippen molar-refractivity contribution in [3.8, 4) is 11.5 Å². The largest absolute Gasteiger partial charge is 0.496 e. The van der Waals surface area contributed by atoms with Gasteiger partial charge < -0.3 is 24.3 Å². The molecule has 2 aromatic rings. The number of carbonyl (C=O) groups excluding carboxylic acids is 3. The summed E-state index contributed by atoms with van der Waals surface area (Å²) < 4.78 is 37.5. The summed E-state index contributed by atoms with van der Waals surface area (Å²) in [5.74, 6) is -2.18. The van der Waals surface area contributed by atoms with Crippen LogP contribution in [0.5, 0.6) is 11.5 Å². The van der Waals surface area contributed by atoms with Crippen molar-refractivity contribution in [2.45, 2.75) is 97.0 Å². The molecule has 0 heterocycles. The van der Waals surface area contributed by atoms with Crippen molar-refractivity contribution in [2.75, 3.05) is 7.11 Å². The fourth-order valence-corrected chi connectivity index (χ4v) is 5.60. The highest BCUT2D eigenvalue weighted by molar-refractivity contribution is 5.98. The van der Waals surface area contributed by atoms with Gasteiger partial charge in [0.05, 0.1) is 30.1 Å². The molecule has 0 aliphatic heterocycles. The zero-order chi connectivity index (χ0) is 30.5. The van der Waals surface area contributed by atoms with Gasteiger partial charge in [-0.1, -0.05) is 36.8 Å². The molecule has 0 aromatic heterocycles. The number of benzene rings is 2. The number of hydrogen-bond acceptors (Lipinski definition) is 7. The van der Waals surface area contributed by atoms with E-state index in [1.807, 2.05) is 58.0 Å². The van der Waals surface area contributed by atoms with Crippen LogP contribution < -0.4 is 14.8 Å². The van der Waals surface area contributed by atoms with E-state index in [9.17, 15) is 14.4 Å². The van der Waals surface area contributed by atoms with Crippen LogP contribution in [-0.2, 0) is 25.7 Å². The molecule has 1 N–H and O–H groups in total. The van der Waals surface area contributed by atoms with Crippen molar-refractivity contribution in [2.24, 2.45) is 11.3 Å².